The number of hydrogen-bond donors (Lipinski definition) is 2. The highest BCUT2D eigenvalue weighted by atomic mass is 16.5. The van der Waals surface area contributed by atoms with E-state index in [0.717, 1.165) is 47.0 Å². The van der Waals surface area contributed by atoms with Crippen molar-refractivity contribution in [1.29, 1.82) is 0 Å². The van der Waals surface area contributed by atoms with Crippen LogP contribution in [0, 0.1) is 6.92 Å². The highest BCUT2D eigenvalue weighted by Crippen LogP contribution is 2.29. The Morgan fingerprint density at radius 2 is 1.88 bits per heavy atom. The van der Waals surface area contributed by atoms with Crippen LogP contribution in [-0.4, -0.2) is 32.7 Å². The number of nitrogens with one attached hydrogen (secondary N) is 2. The molecule has 0 aliphatic carbocycles. The molecule has 0 saturated heterocycles. The zero-order valence-electron chi connectivity index (χ0n) is 18.9. The van der Waals surface area contributed by atoms with E-state index >= 15 is 0 Å². The summed E-state index contributed by atoms with van der Waals surface area (Å²) >= 11 is 0. The van der Waals surface area contributed by atoms with Crippen LogP contribution in [0.1, 0.15) is 30.9 Å². The molecular formula is C25H28N6O2. The number of fused-ring (bicyclic) bond motifs is 1. The van der Waals surface area contributed by atoms with Crippen LogP contribution in [0.4, 0.5) is 11.6 Å². The predicted octanol–water partition coefficient (Wildman–Crippen LogP) is 4.56. The maximum Gasteiger partial charge on any atom is 0.262 e. The molecule has 1 amide bonds. The largest absolute Gasteiger partial charge is 0.483 e. The standard InChI is InChI=1S/C25H28N6O2/c1-3-4-15-31-25(28-29-30-31)26-16-22-21-8-6-5-7-19(21)11-14-23(22)33-17-24(32)27-20-12-9-18(2)10-13-20/h5-14H,3-4,15-17H2,1-2H3,(H,27,32)(H,26,28,30). The molecule has 0 spiro atoms. The van der Waals surface area contributed by atoms with Crippen LogP contribution in [0.15, 0.2) is 60.7 Å². The fraction of sp³-hybridized carbons (Fsp3) is 0.280. The van der Waals surface area contributed by atoms with Crippen molar-refractivity contribution in [2.24, 2.45) is 0 Å². The molecule has 8 nitrogen and oxygen atoms in total. The van der Waals surface area contributed by atoms with Crippen molar-refractivity contribution in [1.82, 2.24) is 20.2 Å². The molecule has 0 bridgehead atoms. The van der Waals surface area contributed by atoms with Crippen molar-refractivity contribution in [3.8, 4) is 5.75 Å². The fourth-order valence-electron chi connectivity index (χ4n) is 3.57. The summed E-state index contributed by atoms with van der Waals surface area (Å²) in [5.74, 6) is 1.04. The summed E-state index contributed by atoms with van der Waals surface area (Å²) in [6.45, 7) is 5.26. The van der Waals surface area contributed by atoms with Gasteiger partial charge in [-0.25, -0.2) is 4.68 Å². The molecule has 0 atom stereocenters. The van der Waals surface area contributed by atoms with Gasteiger partial charge in [-0.05, 0) is 52.7 Å². The number of benzene rings is 3. The number of aromatic nitrogens is 4. The van der Waals surface area contributed by atoms with Gasteiger partial charge < -0.3 is 15.4 Å². The van der Waals surface area contributed by atoms with E-state index in [-0.39, 0.29) is 12.5 Å². The molecule has 4 rings (SSSR count). The number of hydrogen-bond acceptors (Lipinski definition) is 6. The second kappa shape index (κ2) is 10.6. The highest BCUT2D eigenvalue weighted by molar-refractivity contribution is 5.92. The summed E-state index contributed by atoms with van der Waals surface area (Å²) in [5, 5.41) is 20.3. The molecule has 3 aromatic carbocycles. The SMILES string of the molecule is CCCCn1nnnc1NCc1c(OCC(=O)Nc2ccc(C)cc2)ccc2ccccc12. The topological polar surface area (TPSA) is 94.0 Å². The number of aryl methyl sites for hydroxylation is 2. The van der Waals surface area contributed by atoms with Gasteiger partial charge in [-0.3, -0.25) is 4.79 Å². The van der Waals surface area contributed by atoms with Gasteiger partial charge in [0.2, 0.25) is 5.95 Å². The first-order valence-corrected chi connectivity index (χ1v) is 11.1. The van der Waals surface area contributed by atoms with E-state index in [0.29, 0.717) is 18.2 Å². The first kappa shape index (κ1) is 22.3. The Kier molecular flexibility index (Phi) is 7.14. The van der Waals surface area contributed by atoms with Gasteiger partial charge >= 0.3 is 0 Å². The number of carbonyl (C=O) groups excluding carboxylic acids is 1. The third-order valence-corrected chi connectivity index (χ3v) is 5.37. The van der Waals surface area contributed by atoms with Gasteiger partial charge in [0.05, 0.1) is 0 Å². The third kappa shape index (κ3) is 5.65. The molecule has 8 heteroatoms. The fourth-order valence-corrected chi connectivity index (χ4v) is 3.57. The summed E-state index contributed by atoms with van der Waals surface area (Å²) in [7, 11) is 0. The second-order valence-corrected chi connectivity index (χ2v) is 7.90. The maximum atomic E-state index is 12.5. The molecule has 0 saturated carbocycles. The summed E-state index contributed by atoms with van der Waals surface area (Å²) in [6.07, 6.45) is 2.06. The number of ether oxygens (including phenoxy) is 1. The van der Waals surface area contributed by atoms with E-state index in [1.165, 1.54) is 0 Å². The monoisotopic (exact) mass is 444 g/mol. The van der Waals surface area contributed by atoms with Crippen LogP contribution in [0.2, 0.25) is 0 Å². The lowest BCUT2D eigenvalue weighted by Gasteiger charge is -2.15. The van der Waals surface area contributed by atoms with Gasteiger partial charge in [0.25, 0.3) is 5.91 Å². The predicted molar refractivity (Wildman–Crippen MR) is 129 cm³/mol. The Bertz CT molecular complexity index is 1220. The lowest BCUT2D eigenvalue weighted by Crippen LogP contribution is -2.20. The van der Waals surface area contributed by atoms with Crippen LogP contribution in [0.5, 0.6) is 5.75 Å². The molecule has 0 aliphatic heterocycles. The van der Waals surface area contributed by atoms with E-state index in [2.05, 4.69) is 39.1 Å². The van der Waals surface area contributed by atoms with Crippen molar-refractivity contribution >= 4 is 28.3 Å². The molecule has 2 N–H and O–H groups in total. The van der Waals surface area contributed by atoms with Gasteiger partial charge in [0, 0.05) is 24.3 Å². The normalized spacial score (nSPS) is 10.8. The summed E-state index contributed by atoms with van der Waals surface area (Å²) in [6, 6.07) is 19.7. The molecule has 4 aromatic rings. The zero-order chi connectivity index (χ0) is 23.0. The minimum atomic E-state index is -0.213. The van der Waals surface area contributed by atoms with Gasteiger partial charge in [-0.1, -0.05) is 66.5 Å². The first-order valence-electron chi connectivity index (χ1n) is 11.1. The number of amides is 1. The smallest absolute Gasteiger partial charge is 0.262 e. The number of anilines is 2. The molecule has 0 aliphatic rings. The molecule has 1 heterocycles. The minimum Gasteiger partial charge on any atom is -0.483 e. The van der Waals surface area contributed by atoms with E-state index in [9.17, 15) is 4.79 Å². The van der Waals surface area contributed by atoms with Gasteiger partial charge in [0.1, 0.15) is 5.75 Å². The number of tetrazole rings is 1. The van der Waals surface area contributed by atoms with Crippen LogP contribution >= 0.6 is 0 Å². The molecule has 1 aromatic heterocycles. The lowest BCUT2D eigenvalue weighted by atomic mass is 10.0. The second-order valence-electron chi connectivity index (χ2n) is 7.90. The van der Waals surface area contributed by atoms with Crippen molar-refractivity contribution < 1.29 is 9.53 Å². The zero-order valence-corrected chi connectivity index (χ0v) is 18.9. The number of unbranched alkanes of at least 4 members (excludes halogenated alkanes) is 1. The Morgan fingerprint density at radius 3 is 2.70 bits per heavy atom. The maximum absolute atomic E-state index is 12.5. The van der Waals surface area contributed by atoms with E-state index in [1.807, 2.05) is 61.5 Å². The molecule has 0 radical (unpaired) electrons. The van der Waals surface area contributed by atoms with Crippen LogP contribution in [0.25, 0.3) is 10.8 Å². The number of rotatable bonds is 10. The van der Waals surface area contributed by atoms with Crippen molar-refractivity contribution in [2.75, 3.05) is 17.2 Å². The van der Waals surface area contributed by atoms with Crippen molar-refractivity contribution in [2.45, 2.75) is 39.8 Å². The average molecular weight is 445 g/mol. The van der Waals surface area contributed by atoms with Crippen LogP contribution < -0.4 is 15.4 Å². The summed E-state index contributed by atoms with van der Waals surface area (Å²) in [4.78, 5) is 12.5. The first-order chi connectivity index (χ1) is 16.1. The van der Waals surface area contributed by atoms with E-state index < -0.39 is 0 Å². The van der Waals surface area contributed by atoms with Crippen molar-refractivity contribution in [3.05, 3.63) is 71.8 Å². The van der Waals surface area contributed by atoms with Gasteiger partial charge in [-0.2, -0.15) is 0 Å². The Hall–Kier alpha value is -3.94. The van der Waals surface area contributed by atoms with Crippen LogP contribution in [-0.2, 0) is 17.9 Å². The van der Waals surface area contributed by atoms with Crippen LogP contribution in [0.3, 0.4) is 0 Å². The number of carbonyl (C=O) groups is 1. The van der Waals surface area contributed by atoms with E-state index in [4.69, 9.17) is 4.74 Å². The molecule has 33 heavy (non-hydrogen) atoms. The Labute approximate surface area is 193 Å². The molecule has 0 unspecified atom stereocenters. The van der Waals surface area contributed by atoms with Gasteiger partial charge in [-0.15, -0.1) is 0 Å². The average Bonchev–Trinajstić information content (AvgIpc) is 3.29. The van der Waals surface area contributed by atoms with E-state index in [1.54, 1.807) is 4.68 Å². The lowest BCUT2D eigenvalue weighted by molar-refractivity contribution is -0.118. The Balaban J connectivity index is 1.49. The molecular weight excluding hydrogens is 416 g/mol. The van der Waals surface area contributed by atoms with Crippen molar-refractivity contribution in [3.63, 3.8) is 0 Å². The number of nitrogens with zero attached hydrogens (tertiary/aromatic N) is 4. The highest BCUT2D eigenvalue weighted by Gasteiger charge is 2.13. The minimum absolute atomic E-state index is 0.0898. The van der Waals surface area contributed by atoms with Gasteiger partial charge in [0.15, 0.2) is 6.61 Å². The quantitative estimate of drug-likeness (QED) is 0.372. The third-order valence-electron chi connectivity index (χ3n) is 5.37. The summed E-state index contributed by atoms with van der Waals surface area (Å²) in [5.41, 5.74) is 2.83. The summed E-state index contributed by atoms with van der Waals surface area (Å²) < 4.78 is 7.73. The molecule has 170 valence electrons. The molecule has 0 fully saturated rings. The Morgan fingerprint density at radius 1 is 1.06 bits per heavy atom.